The van der Waals surface area contributed by atoms with Crippen LogP contribution in [0.1, 0.15) is 6.92 Å². The van der Waals surface area contributed by atoms with E-state index in [2.05, 4.69) is 5.32 Å². The van der Waals surface area contributed by atoms with Gasteiger partial charge in [-0.1, -0.05) is 11.3 Å². The van der Waals surface area contributed by atoms with Crippen molar-refractivity contribution >= 4 is 32.0 Å². The van der Waals surface area contributed by atoms with Crippen molar-refractivity contribution in [1.82, 2.24) is 4.31 Å². The van der Waals surface area contributed by atoms with Crippen molar-refractivity contribution < 1.29 is 23.6 Å². The maximum absolute atomic E-state index is 12.4. The minimum absolute atomic E-state index is 0.168. The van der Waals surface area contributed by atoms with Crippen LogP contribution in [0.3, 0.4) is 0 Å². The maximum Gasteiger partial charge on any atom is 0.304 e. The summed E-state index contributed by atoms with van der Waals surface area (Å²) in [5.74, 6) is 0. The molecule has 1 aromatic heterocycles. The number of hydrogen-bond acceptors (Lipinski definition) is 8. The highest BCUT2D eigenvalue weighted by Gasteiger charge is 2.39. The van der Waals surface area contributed by atoms with Crippen molar-refractivity contribution in [1.29, 1.82) is 0 Å². The molecule has 1 aliphatic heterocycles. The van der Waals surface area contributed by atoms with Crippen molar-refractivity contribution in [3.05, 3.63) is 16.2 Å². The number of nitro groups is 1. The zero-order chi connectivity index (χ0) is 15.8. The molecule has 0 radical (unpaired) electrons. The molecule has 1 aromatic rings. The average Bonchev–Trinajstić information content (AvgIpc) is 2.96. The van der Waals surface area contributed by atoms with Gasteiger partial charge in [0.2, 0.25) is 0 Å². The molecule has 21 heavy (non-hydrogen) atoms. The highest BCUT2D eigenvalue weighted by molar-refractivity contribution is 7.91. The van der Waals surface area contributed by atoms with Crippen molar-refractivity contribution in [2.24, 2.45) is 0 Å². The highest BCUT2D eigenvalue weighted by Crippen LogP contribution is 2.38. The number of rotatable bonds is 5. The van der Waals surface area contributed by atoms with Crippen molar-refractivity contribution in [2.45, 2.75) is 23.3 Å². The Morgan fingerprint density at radius 3 is 2.52 bits per heavy atom. The number of thiophene rings is 1. The summed E-state index contributed by atoms with van der Waals surface area (Å²) in [4.78, 5) is 10.3. The first-order valence-corrected chi connectivity index (χ1v) is 8.41. The Kier molecular flexibility index (Phi) is 4.49. The molecule has 0 amide bonds. The molecule has 1 fully saturated rings. The lowest BCUT2D eigenvalue weighted by Gasteiger charge is -2.13. The van der Waals surface area contributed by atoms with Crippen LogP contribution < -0.4 is 5.32 Å². The van der Waals surface area contributed by atoms with Crippen LogP contribution >= 0.6 is 11.3 Å². The molecule has 3 N–H and O–H groups in total. The zero-order valence-electron chi connectivity index (χ0n) is 11.1. The Balaban J connectivity index is 2.37. The van der Waals surface area contributed by atoms with Gasteiger partial charge in [-0.15, -0.1) is 0 Å². The van der Waals surface area contributed by atoms with Gasteiger partial charge in [0, 0.05) is 25.7 Å². The minimum atomic E-state index is -3.97. The summed E-state index contributed by atoms with van der Waals surface area (Å²) in [6.07, 6.45) is -2.30. The van der Waals surface area contributed by atoms with E-state index in [4.69, 9.17) is 0 Å². The molecule has 2 atom stereocenters. The third-order valence-electron chi connectivity index (χ3n) is 3.04. The molecule has 1 aliphatic rings. The molecule has 2 unspecified atom stereocenters. The zero-order valence-corrected chi connectivity index (χ0v) is 12.7. The molecule has 9 nitrogen and oxygen atoms in total. The molecule has 0 saturated carbocycles. The van der Waals surface area contributed by atoms with Crippen LogP contribution in [0, 0.1) is 10.1 Å². The topological polar surface area (TPSA) is 133 Å². The van der Waals surface area contributed by atoms with Gasteiger partial charge in [0.1, 0.15) is 4.21 Å². The maximum atomic E-state index is 12.4. The van der Waals surface area contributed by atoms with Gasteiger partial charge in [-0.05, 0) is 6.92 Å². The summed E-state index contributed by atoms with van der Waals surface area (Å²) >= 11 is 0.763. The van der Waals surface area contributed by atoms with Gasteiger partial charge in [0.05, 0.1) is 17.1 Å². The predicted octanol–water partition coefficient (Wildman–Crippen LogP) is -0.186. The van der Waals surface area contributed by atoms with Crippen LogP contribution in [0.15, 0.2) is 10.3 Å². The van der Waals surface area contributed by atoms with E-state index in [1.54, 1.807) is 6.92 Å². The van der Waals surface area contributed by atoms with E-state index in [-0.39, 0.29) is 28.0 Å². The fourth-order valence-corrected chi connectivity index (χ4v) is 4.99. The molecular weight excluding hydrogens is 322 g/mol. The number of nitrogens with one attached hydrogen (secondary N) is 1. The van der Waals surface area contributed by atoms with E-state index in [9.17, 15) is 28.7 Å². The smallest absolute Gasteiger partial charge is 0.304 e. The predicted molar refractivity (Wildman–Crippen MR) is 75.9 cm³/mol. The summed E-state index contributed by atoms with van der Waals surface area (Å²) in [6.45, 7) is 1.70. The van der Waals surface area contributed by atoms with Gasteiger partial charge in [0.25, 0.3) is 10.0 Å². The monoisotopic (exact) mass is 337 g/mol. The van der Waals surface area contributed by atoms with E-state index in [0.717, 1.165) is 21.7 Å². The quantitative estimate of drug-likeness (QED) is 0.501. The number of hydrogen-bond donors (Lipinski definition) is 3. The van der Waals surface area contributed by atoms with E-state index >= 15 is 0 Å². The molecule has 0 aromatic carbocycles. The minimum Gasteiger partial charge on any atom is -0.389 e. The lowest BCUT2D eigenvalue weighted by molar-refractivity contribution is -0.383. The Hall–Kier alpha value is -1.27. The summed E-state index contributed by atoms with van der Waals surface area (Å²) in [7, 11) is -3.97. The van der Waals surface area contributed by atoms with Crippen LogP contribution in [0.4, 0.5) is 10.7 Å². The van der Waals surface area contributed by atoms with Crippen LogP contribution in [-0.2, 0) is 10.0 Å². The fourth-order valence-electron chi connectivity index (χ4n) is 1.97. The third kappa shape index (κ3) is 3.01. The standard InChI is InChI=1S/C10H15N3O6S2/c1-2-11-10-6(13(16)17)3-9(20-10)21(18,19)12-4-7(14)8(15)5-12/h3,7-8,11,14-15H,2,4-5H2,1H3. The normalized spacial score (nSPS) is 23.4. The number of aliphatic hydroxyl groups is 2. The molecule has 0 aliphatic carbocycles. The number of nitrogens with zero attached hydrogens (tertiary/aromatic N) is 2. The number of sulfonamides is 1. The first kappa shape index (κ1) is 16.1. The van der Waals surface area contributed by atoms with E-state index < -0.39 is 27.2 Å². The van der Waals surface area contributed by atoms with Crippen LogP contribution in [0.2, 0.25) is 0 Å². The highest BCUT2D eigenvalue weighted by atomic mass is 32.2. The lowest BCUT2D eigenvalue weighted by atomic mass is 10.3. The van der Waals surface area contributed by atoms with Crippen LogP contribution in [0.25, 0.3) is 0 Å². The van der Waals surface area contributed by atoms with Gasteiger partial charge in [-0.25, -0.2) is 8.42 Å². The van der Waals surface area contributed by atoms with Gasteiger partial charge in [-0.2, -0.15) is 4.31 Å². The fraction of sp³-hybridized carbons (Fsp3) is 0.600. The van der Waals surface area contributed by atoms with Crippen LogP contribution in [0.5, 0.6) is 0 Å². The van der Waals surface area contributed by atoms with E-state index in [1.165, 1.54) is 0 Å². The van der Waals surface area contributed by atoms with Gasteiger partial charge < -0.3 is 15.5 Å². The molecule has 2 heterocycles. The molecule has 11 heteroatoms. The SMILES string of the molecule is CCNc1sc(S(=O)(=O)N2CC(O)C(O)C2)cc1[N+](=O)[O-]. The second-order valence-corrected chi connectivity index (χ2v) is 7.74. The van der Waals surface area contributed by atoms with E-state index in [1.807, 2.05) is 0 Å². The van der Waals surface area contributed by atoms with Crippen molar-refractivity contribution in [3.63, 3.8) is 0 Å². The Morgan fingerprint density at radius 2 is 2.05 bits per heavy atom. The van der Waals surface area contributed by atoms with Crippen molar-refractivity contribution in [3.8, 4) is 0 Å². The van der Waals surface area contributed by atoms with E-state index in [0.29, 0.717) is 6.54 Å². The van der Waals surface area contributed by atoms with Gasteiger partial charge in [0.15, 0.2) is 5.00 Å². The second kappa shape index (κ2) is 5.85. The number of β-amino-alcohol motifs (C(OH)–C–C–N with tert-alkyl or cyclic N) is 2. The molecule has 2 rings (SSSR count). The Labute approximate surface area is 125 Å². The third-order valence-corrected chi connectivity index (χ3v) is 6.41. The molecule has 118 valence electrons. The first-order valence-electron chi connectivity index (χ1n) is 6.15. The Bertz CT molecular complexity index is 633. The summed E-state index contributed by atoms with van der Waals surface area (Å²) in [5.41, 5.74) is -0.305. The average molecular weight is 337 g/mol. The summed E-state index contributed by atoms with van der Waals surface area (Å²) in [5, 5.41) is 32.7. The Morgan fingerprint density at radius 1 is 1.48 bits per heavy atom. The largest absolute Gasteiger partial charge is 0.389 e. The van der Waals surface area contributed by atoms with Gasteiger partial charge in [-0.3, -0.25) is 10.1 Å². The molecular formula is C10H15N3O6S2. The van der Waals surface area contributed by atoms with Crippen molar-refractivity contribution in [2.75, 3.05) is 25.0 Å². The number of aliphatic hydroxyl groups excluding tert-OH is 2. The summed E-state index contributed by atoms with van der Waals surface area (Å²) in [6, 6.07) is 0.995. The number of anilines is 1. The lowest BCUT2D eigenvalue weighted by Crippen LogP contribution is -2.29. The molecule has 0 spiro atoms. The first-order chi connectivity index (χ1) is 9.77. The molecule has 0 bridgehead atoms. The summed E-state index contributed by atoms with van der Waals surface area (Å²) < 4.78 is 25.5. The van der Waals surface area contributed by atoms with Crippen LogP contribution in [-0.4, -0.2) is 59.7 Å². The molecule has 1 saturated heterocycles. The van der Waals surface area contributed by atoms with Gasteiger partial charge >= 0.3 is 5.69 Å². The second-order valence-electron chi connectivity index (χ2n) is 4.52.